The van der Waals surface area contributed by atoms with E-state index in [1.165, 1.54) is 0 Å². The molecule has 0 aliphatic carbocycles. The van der Waals surface area contributed by atoms with Crippen LogP contribution >= 0.6 is 31.9 Å². The van der Waals surface area contributed by atoms with Crippen LogP contribution in [0.15, 0.2) is 0 Å². The van der Waals surface area contributed by atoms with Gasteiger partial charge in [-0.2, -0.15) is 0 Å². The average molecular weight is 217 g/mol. The number of carbonyl (C=O) groups is 1. The fourth-order valence-electron chi connectivity index (χ4n) is 0. The number of nitrogens with two attached hydrogens (primary N) is 1. The van der Waals surface area contributed by atoms with E-state index in [1.54, 1.807) is 0 Å². The number of halogens is 2. The van der Waals surface area contributed by atoms with Gasteiger partial charge in [-0.05, 0) is 0 Å². The van der Waals surface area contributed by atoms with Gasteiger partial charge < -0.3 is 5.73 Å². The van der Waals surface area contributed by atoms with Gasteiger partial charge in [-0.15, -0.1) is 0 Å². The van der Waals surface area contributed by atoms with Crippen molar-refractivity contribution in [1.29, 1.82) is 0 Å². The Bertz CT molecular complexity index is 62.6. The molecule has 2 N–H and O–H groups in total. The van der Waals surface area contributed by atoms with E-state index >= 15 is 0 Å². The first kappa shape index (κ1) is 6.43. The predicted molar refractivity (Wildman–Crippen MR) is 30.8 cm³/mol. The molecule has 0 aliphatic rings. The highest BCUT2D eigenvalue weighted by molar-refractivity contribution is 9.25. The molecule has 0 unspecified atom stereocenters. The summed E-state index contributed by atoms with van der Waals surface area (Å²) >= 11 is 5.76. The van der Waals surface area contributed by atoms with E-state index in [9.17, 15) is 4.79 Å². The maximum absolute atomic E-state index is 9.83. The second-order valence-electron chi connectivity index (χ2n) is 0.703. The molecule has 2 nitrogen and oxygen atoms in total. The summed E-state index contributed by atoms with van der Waals surface area (Å²) in [6.07, 6.45) is 0. The standard InChI is InChI=1S/C2H3Br2NO/c3-1(4)2(5)6/h1H,(H2,5,6). The molecule has 0 rings (SSSR count). The molecule has 0 saturated carbocycles. The molecule has 0 radical (unpaired) electrons. The first-order valence-corrected chi connectivity index (χ1v) is 3.05. The third-order valence-electron chi connectivity index (χ3n) is 0.215. The molecule has 6 heavy (non-hydrogen) atoms. The minimum absolute atomic E-state index is 0.384. The summed E-state index contributed by atoms with van der Waals surface area (Å²) in [5, 5.41) is 0. The molecule has 0 heterocycles. The Balaban J connectivity index is 3.26. The lowest BCUT2D eigenvalue weighted by atomic mass is 10.8. The van der Waals surface area contributed by atoms with Crippen molar-refractivity contribution in [3.63, 3.8) is 0 Å². The fraction of sp³-hybridized carbons (Fsp3) is 0.500. The van der Waals surface area contributed by atoms with Crippen molar-refractivity contribution < 1.29 is 4.79 Å². The van der Waals surface area contributed by atoms with Gasteiger partial charge >= 0.3 is 0 Å². The highest BCUT2D eigenvalue weighted by Gasteiger charge is 2.01. The van der Waals surface area contributed by atoms with Crippen LogP contribution in [0.3, 0.4) is 0 Å². The van der Waals surface area contributed by atoms with Gasteiger partial charge in [0.05, 0.1) is 0 Å². The van der Waals surface area contributed by atoms with Crippen LogP contribution in [-0.2, 0) is 4.79 Å². The van der Waals surface area contributed by atoms with Crippen molar-refractivity contribution >= 4 is 37.8 Å². The molecule has 0 spiro atoms. The van der Waals surface area contributed by atoms with Crippen molar-refractivity contribution in [2.75, 3.05) is 0 Å². The number of amides is 1. The smallest absolute Gasteiger partial charge is 0.242 e. The molecule has 0 aromatic rings. The van der Waals surface area contributed by atoms with Crippen molar-refractivity contribution in [2.24, 2.45) is 5.73 Å². The number of hydrogen-bond acceptors (Lipinski definition) is 1. The molecule has 36 valence electrons. The minimum atomic E-state index is -0.407. The highest BCUT2D eigenvalue weighted by Crippen LogP contribution is 2.04. The molecule has 0 aromatic heterocycles. The van der Waals surface area contributed by atoms with Crippen LogP contribution in [0.4, 0.5) is 0 Å². The van der Waals surface area contributed by atoms with Gasteiger partial charge in [-0.1, -0.05) is 31.9 Å². The molecule has 0 atom stereocenters. The molecular formula is C2H3Br2NO. The Morgan fingerprint density at radius 3 is 1.83 bits per heavy atom. The van der Waals surface area contributed by atoms with Crippen LogP contribution in [0.2, 0.25) is 0 Å². The molecule has 0 aliphatic heterocycles. The topological polar surface area (TPSA) is 43.1 Å². The second-order valence-corrected chi connectivity index (χ2v) is 3.76. The Kier molecular flexibility index (Phi) is 2.76. The van der Waals surface area contributed by atoms with Crippen molar-refractivity contribution in [2.45, 2.75) is 3.74 Å². The van der Waals surface area contributed by atoms with Crippen molar-refractivity contribution in [1.82, 2.24) is 0 Å². The lowest BCUT2D eigenvalue weighted by Crippen LogP contribution is -2.17. The van der Waals surface area contributed by atoms with Crippen LogP contribution in [0.5, 0.6) is 0 Å². The summed E-state index contributed by atoms with van der Waals surface area (Å²) in [5.41, 5.74) is 4.70. The third-order valence-corrected chi connectivity index (χ3v) is 1.12. The van der Waals surface area contributed by atoms with Crippen molar-refractivity contribution in [3.05, 3.63) is 0 Å². The molecule has 0 saturated heterocycles. The Morgan fingerprint density at radius 2 is 1.83 bits per heavy atom. The summed E-state index contributed by atoms with van der Waals surface area (Å²) in [4.78, 5) is 9.83. The zero-order valence-corrected chi connectivity index (χ0v) is 5.99. The molecular weight excluding hydrogens is 214 g/mol. The number of alkyl halides is 2. The van der Waals surface area contributed by atoms with E-state index in [4.69, 9.17) is 5.73 Å². The SMILES string of the molecule is NC(=O)C(Br)Br. The van der Waals surface area contributed by atoms with E-state index in [0.717, 1.165) is 0 Å². The van der Waals surface area contributed by atoms with Crippen LogP contribution in [0.1, 0.15) is 0 Å². The normalized spacial score (nSPS) is 9.17. The Labute approximate surface area is 52.3 Å². The maximum Gasteiger partial charge on any atom is 0.242 e. The molecule has 1 amide bonds. The van der Waals surface area contributed by atoms with Gasteiger partial charge in [-0.25, -0.2) is 0 Å². The molecule has 0 bridgehead atoms. The lowest BCUT2D eigenvalue weighted by Gasteiger charge is -1.86. The van der Waals surface area contributed by atoms with E-state index in [1.807, 2.05) is 0 Å². The largest absolute Gasteiger partial charge is 0.368 e. The fourth-order valence-corrected chi connectivity index (χ4v) is 0. The summed E-state index contributed by atoms with van der Waals surface area (Å²) in [5.74, 6) is -0.407. The van der Waals surface area contributed by atoms with Crippen LogP contribution in [0.25, 0.3) is 0 Å². The van der Waals surface area contributed by atoms with Gasteiger partial charge in [0.1, 0.15) is 3.74 Å². The van der Waals surface area contributed by atoms with Gasteiger partial charge in [0.25, 0.3) is 0 Å². The van der Waals surface area contributed by atoms with E-state index in [-0.39, 0.29) is 3.74 Å². The Hall–Kier alpha value is 0.430. The monoisotopic (exact) mass is 215 g/mol. The first-order valence-electron chi connectivity index (χ1n) is 1.22. The summed E-state index contributed by atoms with van der Waals surface area (Å²) in [6.45, 7) is 0. The molecule has 0 aromatic carbocycles. The van der Waals surface area contributed by atoms with Gasteiger partial charge in [0, 0.05) is 0 Å². The lowest BCUT2D eigenvalue weighted by molar-refractivity contribution is -0.115. The highest BCUT2D eigenvalue weighted by atomic mass is 79.9. The summed E-state index contributed by atoms with van der Waals surface area (Å²) in [7, 11) is 0. The van der Waals surface area contributed by atoms with Crippen molar-refractivity contribution in [3.8, 4) is 0 Å². The quantitative estimate of drug-likeness (QED) is 0.641. The number of carbonyl (C=O) groups excluding carboxylic acids is 1. The maximum atomic E-state index is 9.83. The van der Waals surface area contributed by atoms with Gasteiger partial charge in [0.15, 0.2) is 0 Å². The zero-order valence-electron chi connectivity index (χ0n) is 2.82. The van der Waals surface area contributed by atoms with E-state index < -0.39 is 5.91 Å². The summed E-state index contributed by atoms with van der Waals surface area (Å²) in [6, 6.07) is 0. The number of hydrogen-bond donors (Lipinski definition) is 1. The third kappa shape index (κ3) is 2.66. The second kappa shape index (κ2) is 2.58. The first-order chi connectivity index (χ1) is 2.64. The van der Waals surface area contributed by atoms with Crippen LogP contribution in [-0.4, -0.2) is 9.64 Å². The molecule has 4 heteroatoms. The zero-order chi connectivity index (χ0) is 5.15. The molecule has 0 fully saturated rings. The predicted octanol–water partition coefficient (Wildman–Crippen LogP) is 0.588. The average Bonchev–Trinajstić information content (AvgIpc) is 1.36. The van der Waals surface area contributed by atoms with Gasteiger partial charge in [-0.3, -0.25) is 4.79 Å². The number of rotatable bonds is 1. The van der Waals surface area contributed by atoms with Crippen LogP contribution < -0.4 is 5.73 Å². The van der Waals surface area contributed by atoms with E-state index in [0.29, 0.717) is 0 Å². The Morgan fingerprint density at radius 1 is 1.67 bits per heavy atom. The van der Waals surface area contributed by atoms with E-state index in [2.05, 4.69) is 31.9 Å². The van der Waals surface area contributed by atoms with Gasteiger partial charge in [0.2, 0.25) is 5.91 Å². The van der Waals surface area contributed by atoms with Crippen LogP contribution in [0, 0.1) is 0 Å². The summed E-state index contributed by atoms with van der Waals surface area (Å²) < 4.78 is -0.384. The minimum Gasteiger partial charge on any atom is -0.368 e. The number of primary amides is 1.